The average molecular weight is 438 g/mol. The Labute approximate surface area is 176 Å². The summed E-state index contributed by atoms with van der Waals surface area (Å²) < 4.78 is 39.5. The summed E-state index contributed by atoms with van der Waals surface area (Å²) in [6, 6.07) is 18.5. The second-order valence-corrected chi connectivity index (χ2v) is 7.21. The van der Waals surface area contributed by atoms with Gasteiger partial charge >= 0.3 is 6.18 Å². The van der Waals surface area contributed by atoms with Gasteiger partial charge in [-0.05, 0) is 48.4 Å². The number of amides is 1. The van der Waals surface area contributed by atoms with Gasteiger partial charge in [0.2, 0.25) is 0 Å². The van der Waals surface area contributed by atoms with Gasteiger partial charge in [-0.1, -0.05) is 59.6 Å². The molecule has 150 valence electrons. The van der Waals surface area contributed by atoms with Gasteiger partial charge in [-0.25, -0.2) is 0 Å². The van der Waals surface area contributed by atoms with E-state index in [1.165, 1.54) is 35.2 Å². The molecule has 7 heteroatoms. The van der Waals surface area contributed by atoms with E-state index in [0.717, 1.165) is 17.7 Å². The van der Waals surface area contributed by atoms with Crippen molar-refractivity contribution >= 4 is 34.8 Å². The first-order valence-corrected chi connectivity index (χ1v) is 9.49. The van der Waals surface area contributed by atoms with Crippen LogP contribution >= 0.6 is 23.2 Å². The Kier molecular flexibility index (Phi) is 6.50. The number of carbonyl (C=O) groups is 1. The number of rotatable bonds is 5. The SMILES string of the molecule is O=C(c1ccc(Cl)cc1Cl)N(CCc1ccccc1)c1cccc(C(F)(F)F)c1. The molecule has 0 spiro atoms. The van der Waals surface area contributed by atoms with Crippen LogP contribution in [0.1, 0.15) is 21.5 Å². The molecule has 0 saturated carbocycles. The Hall–Kier alpha value is -2.50. The van der Waals surface area contributed by atoms with Crippen LogP contribution in [-0.4, -0.2) is 12.5 Å². The quantitative estimate of drug-likeness (QED) is 0.424. The van der Waals surface area contributed by atoms with Crippen molar-refractivity contribution < 1.29 is 18.0 Å². The molecule has 1 amide bonds. The zero-order chi connectivity index (χ0) is 21.0. The third-order valence-corrected chi connectivity index (χ3v) is 4.91. The predicted molar refractivity (Wildman–Crippen MR) is 110 cm³/mol. The predicted octanol–water partition coefficient (Wildman–Crippen LogP) is 6.90. The molecule has 0 heterocycles. The smallest absolute Gasteiger partial charge is 0.308 e. The molecule has 3 aromatic carbocycles. The van der Waals surface area contributed by atoms with Crippen LogP contribution in [0.5, 0.6) is 0 Å². The van der Waals surface area contributed by atoms with Crippen molar-refractivity contribution in [3.63, 3.8) is 0 Å². The average Bonchev–Trinajstić information content (AvgIpc) is 2.68. The monoisotopic (exact) mass is 437 g/mol. The number of carbonyl (C=O) groups excluding carboxylic acids is 1. The molecule has 0 aliphatic heterocycles. The van der Waals surface area contributed by atoms with Crippen LogP contribution in [0, 0.1) is 0 Å². The summed E-state index contributed by atoms with van der Waals surface area (Å²) in [5.41, 5.74) is 0.447. The van der Waals surface area contributed by atoms with Gasteiger partial charge in [0.25, 0.3) is 5.91 Å². The number of benzene rings is 3. The van der Waals surface area contributed by atoms with Crippen LogP contribution in [0.15, 0.2) is 72.8 Å². The lowest BCUT2D eigenvalue weighted by Gasteiger charge is -2.24. The number of hydrogen-bond acceptors (Lipinski definition) is 1. The van der Waals surface area contributed by atoms with E-state index in [9.17, 15) is 18.0 Å². The van der Waals surface area contributed by atoms with Gasteiger partial charge in [-0.15, -0.1) is 0 Å². The van der Waals surface area contributed by atoms with Crippen LogP contribution in [0.25, 0.3) is 0 Å². The highest BCUT2D eigenvalue weighted by atomic mass is 35.5. The van der Waals surface area contributed by atoms with E-state index < -0.39 is 17.6 Å². The van der Waals surface area contributed by atoms with E-state index in [1.54, 1.807) is 0 Å². The third kappa shape index (κ3) is 5.31. The van der Waals surface area contributed by atoms with E-state index in [2.05, 4.69) is 0 Å². The second kappa shape index (κ2) is 8.89. The highest BCUT2D eigenvalue weighted by Crippen LogP contribution is 2.32. The van der Waals surface area contributed by atoms with E-state index in [-0.39, 0.29) is 22.8 Å². The van der Waals surface area contributed by atoms with Gasteiger partial charge in [0.05, 0.1) is 16.1 Å². The number of halogens is 5. The zero-order valence-electron chi connectivity index (χ0n) is 15.1. The molecule has 0 aliphatic rings. The second-order valence-electron chi connectivity index (χ2n) is 6.36. The van der Waals surface area contributed by atoms with E-state index in [4.69, 9.17) is 23.2 Å². The van der Waals surface area contributed by atoms with Crippen LogP contribution in [0.3, 0.4) is 0 Å². The molecular weight excluding hydrogens is 422 g/mol. The molecule has 0 unspecified atom stereocenters. The topological polar surface area (TPSA) is 20.3 Å². The minimum absolute atomic E-state index is 0.138. The number of hydrogen-bond donors (Lipinski definition) is 0. The molecule has 0 aliphatic carbocycles. The van der Waals surface area contributed by atoms with E-state index >= 15 is 0 Å². The summed E-state index contributed by atoms with van der Waals surface area (Å²) in [5, 5.41) is 0.501. The van der Waals surface area contributed by atoms with Crippen molar-refractivity contribution in [1.29, 1.82) is 0 Å². The minimum atomic E-state index is -4.51. The largest absolute Gasteiger partial charge is 0.416 e. The summed E-state index contributed by atoms with van der Waals surface area (Å²) in [5.74, 6) is -0.498. The Morgan fingerprint density at radius 2 is 1.62 bits per heavy atom. The molecule has 0 aromatic heterocycles. The van der Waals surface area contributed by atoms with Gasteiger partial charge in [0.15, 0.2) is 0 Å². The fourth-order valence-electron chi connectivity index (χ4n) is 2.89. The summed E-state index contributed by atoms with van der Waals surface area (Å²) >= 11 is 12.1. The van der Waals surface area contributed by atoms with Crippen LogP contribution < -0.4 is 4.90 Å². The molecular formula is C22H16Cl2F3NO. The molecule has 0 radical (unpaired) electrons. The summed E-state index contributed by atoms with van der Waals surface area (Å²) in [4.78, 5) is 14.5. The molecule has 0 atom stereocenters. The zero-order valence-corrected chi connectivity index (χ0v) is 16.6. The van der Waals surface area contributed by atoms with Crippen molar-refractivity contribution in [2.45, 2.75) is 12.6 Å². The molecule has 0 saturated heterocycles. The first-order valence-electron chi connectivity index (χ1n) is 8.74. The highest BCUT2D eigenvalue weighted by Gasteiger charge is 2.31. The molecule has 0 bridgehead atoms. The molecule has 0 fully saturated rings. The fraction of sp³-hybridized carbons (Fsp3) is 0.136. The minimum Gasteiger partial charge on any atom is -0.308 e. The van der Waals surface area contributed by atoms with Crippen molar-refractivity contribution in [1.82, 2.24) is 0 Å². The van der Waals surface area contributed by atoms with Crippen molar-refractivity contribution in [2.75, 3.05) is 11.4 Å². The van der Waals surface area contributed by atoms with E-state index in [0.29, 0.717) is 11.4 Å². The Morgan fingerprint density at radius 1 is 0.897 bits per heavy atom. The highest BCUT2D eigenvalue weighted by molar-refractivity contribution is 6.37. The maximum Gasteiger partial charge on any atom is 0.416 e. The molecule has 0 N–H and O–H groups in total. The van der Waals surface area contributed by atoms with Gasteiger partial charge in [0, 0.05) is 17.3 Å². The maximum absolute atomic E-state index is 13.2. The lowest BCUT2D eigenvalue weighted by Crippen LogP contribution is -2.33. The van der Waals surface area contributed by atoms with Crippen LogP contribution in [0.2, 0.25) is 10.0 Å². The molecule has 2 nitrogen and oxygen atoms in total. The summed E-state index contributed by atoms with van der Waals surface area (Å²) in [6.07, 6.45) is -4.05. The van der Waals surface area contributed by atoms with Crippen LogP contribution in [-0.2, 0) is 12.6 Å². The standard InChI is InChI=1S/C22H16Cl2F3NO/c23-17-9-10-19(20(24)14-17)21(29)28(12-11-15-5-2-1-3-6-15)18-8-4-7-16(13-18)22(25,26)27/h1-10,13-14H,11-12H2. The van der Waals surface area contributed by atoms with Crippen molar-refractivity contribution in [3.8, 4) is 0 Å². The first kappa shape index (κ1) is 21.2. The van der Waals surface area contributed by atoms with Gasteiger partial charge < -0.3 is 4.90 Å². The maximum atomic E-state index is 13.2. The molecule has 3 rings (SSSR count). The number of alkyl halides is 3. The van der Waals surface area contributed by atoms with Crippen molar-refractivity contribution in [3.05, 3.63) is 99.5 Å². The summed E-state index contributed by atoms with van der Waals surface area (Å²) in [6.45, 7) is 0.184. The van der Waals surface area contributed by atoms with Crippen LogP contribution in [0.4, 0.5) is 18.9 Å². The van der Waals surface area contributed by atoms with E-state index in [1.807, 2.05) is 30.3 Å². The summed E-state index contributed by atoms with van der Waals surface area (Å²) in [7, 11) is 0. The van der Waals surface area contributed by atoms with Crippen molar-refractivity contribution in [2.24, 2.45) is 0 Å². The van der Waals surface area contributed by atoms with Gasteiger partial charge in [0.1, 0.15) is 0 Å². The number of nitrogens with zero attached hydrogens (tertiary/aromatic N) is 1. The Bertz CT molecular complexity index is 1010. The van der Waals surface area contributed by atoms with Gasteiger partial charge in [-0.2, -0.15) is 13.2 Å². The number of anilines is 1. The third-order valence-electron chi connectivity index (χ3n) is 4.36. The Balaban J connectivity index is 1.98. The Morgan fingerprint density at radius 3 is 2.28 bits per heavy atom. The van der Waals surface area contributed by atoms with Gasteiger partial charge in [-0.3, -0.25) is 4.79 Å². The molecule has 3 aromatic rings. The molecule has 29 heavy (non-hydrogen) atoms. The first-order chi connectivity index (χ1) is 13.8. The lowest BCUT2D eigenvalue weighted by atomic mass is 10.1. The lowest BCUT2D eigenvalue weighted by molar-refractivity contribution is -0.137. The normalized spacial score (nSPS) is 11.3. The fourth-order valence-corrected chi connectivity index (χ4v) is 3.38.